The van der Waals surface area contributed by atoms with Crippen molar-refractivity contribution in [3.05, 3.63) is 33.8 Å². The second kappa shape index (κ2) is 5.14. The lowest BCUT2D eigenvalue weighted by atomic mass is 10.1. The lowest BCUT2D eigenvalue weighted by molar-refractivity contribution is 0.366. The van der Waals surface area contributed by atoms with Crippen LogP contribution in [0.3, 0.4) is 0 Å². The first-order chi connectivity index (χ1) is 6.63. The second-order valence-electron chi connectivity index (χ2n) is 3.40. The quantitative estimate of drug-likeness (QED) is 0.774. The van der Waals surface area contributed by atoms with Gasteiger partial charge in [-0.2, -0.15) is 5.26 Å². The Kier molecular flexibility index (Phi) is 4.12. The zero-order valence-corrected chi connectivity index (χ0v) is 10.0. The van der Waals surface area contributed by atoms with Crippen molar-refractivity contribution in [2.75, 3.05) is 13.6 Å². The van der Waals surface area contributed by atoms with Crippen LogP contribution in [0.4, 0.5) is 0 Å². The summed E-state index contributed by atoms with van der Waals surface area (Å²) in [6.07, 6.45) is 0. The Balaban J connectivity index is 2.76. The normalized spacial score (nSPS) is 10.2. The van der Waals surface area contributed by atoms with E-state index in [2.05, 4.69) is 41.1 Å². The van der Waals surface area contributed by atoms with Crippen LogP contribution in [0.5, 0.6) is 0 Å². The fraction of sp³-hybridized carbons (Fsp3) is 0.364. The van der Waals surface area contributed by atoms with E-state index in [9.17, 15) is 0 Å². The van der Waals surface area contributed by atoms with Gasteiger partial charge in [0, 0.05) is 11.0 Å². The Morgan fingerprint density at radius 3 is 2.86 bits per heavy atom. The lowest BCUT2D eigenvalue weighted by Gasteiger charge is -2.14. The monoisotopic (exact) mass is 252 g/mol. The number of nitriles is 1. The Morgan fingerprint density at radius 1 is 1.50 bits per heavy atom. The molecule has 2 nitrogen and oxygen atoms in total. The fourth-order valence-electron chi connectivity index (χ4n) is 1.28. The molecule has 0 N–H and O–H groups in total. The van der Waals surface area contributed by atoms with Gasteiger partial charge in [0.15, 0.2) is 0 Å². The highest BCUT2D eigenvalue weighted by Crippen LogP contribution is 2.17. The largest absolute Gasteiger partial charge is 0.289 e. The molecule has 74 valence electrons. The van der Waals surface area contributed by atoms with Gasteiger partial charge in [-0.1, -0.05) is 22.0 Å². The molecule has 1 rings (SSSR count). The van der Waals surface area contributed by atoms with Gasteiger partial charge >= 0.3 is 0 Å². The van der Waals surface area contributed by atoms with Gasteiger partial charge in [0.1, 0.15) is 0 Å². The highest BCUT2D eigenvalue weighted by Gasteiger charge is 2.02. The molecule has 0 aliphatic heterocycles. The molecule has 14 heavy (non-hydrogen) atoms. The maximum absolute atomic E-state index is 8.54. The number of rotatable bonds is 3. The number of halogens is 1. The summed E-state index contributed by atoms with van der Waals surface area (Å²) in [5.74, 6) is 0. The molecule has 3 heteroatoms. The van der Waals surface area contributed by atoms with Crippen LogP contribution in [0.2, 0.25) is 0 Å². The molecule has 0 saturated carbocycles. The maximum Gasteiger partial charge on any atom is 0.0866 e. The lowest BCUT2D eigenvalue weighted by Crippen LogP contribution is -2.18. The van der Waals surface area contributed by atoms with Crippen molar-refractivity contribution in [2.24, 2.45) is 0 Å². The van der Waals surface area contributed by atoms with E-state index < -0.39 is 0 Å². The van der Waals surface area contributed by atoms with Crippen LogP contribution < -0.4 is 0 Å². The van der Waals surface area contributed by atoms with Gasteiger partial charge in [-0.15, -0.1) is 0 Å². The van der Waals surface area contributed by atoms with Crippen LogP contribution in [0.1, 0.15) is 11.1 Å². The van der Waals surface area contributed by atoms with E-state index in [-0.39, 0.29) is 0 Å². The van der Waals surface area contributed by atoms with E-state index in [1.165, 1.54) is 11.1 Å². The summed E-state index contributed by atoms with van der Waals surface area (Å²) in [4.78, 5) is 1.99. The smallest absolute Gasteiger partial charge is 0.0866 e. The van der Waals surface area contributed by atoms with Crippen molar-refractivity contribution in [3.8, 4) is 6.07 Å². The maximum atomic E-state index is 8.54. The second-order valence-corrected chi connectivity index (χ2v) is 4.32. The molecule has 0 amide bonds. The molecule has 0 saturated heterocycles. The first-order valence-corrected chi connectivity index (χ1v) is 5.23. The van der Waals surface area contributed by atoms with E-state index in [4.69, 9.17) is 5.26 Å². The van der Waals surface area contributed by atoms with E-state index in [1.54, 1.807) is 0 Å². The summed E-state index contributed by atoms with van der Waals surface area (Å²) in [6, 6.07) is 8.35. The Labute approximate surface area is 93.3 Å². The number of hydrogen-bond donors (Lipinski definition) is 0. The first kappa shape index (κ1) is 11.2. The molecule has 0 aromatic heterocycles. The standard InChI is InChI=1S/C11H13BrN2/c1-9-3-4-11(12)7-10(9)8-14(2)6-5-13/h3-4,7H,6,8H2,1-2H3. The van der Waals surface area contributed by atoms with Crippen molar-refractivity contribution in [1.29, 1.82) is 5.26 Å². The SMILES string of the molecule is Cc1ccc(Br)cc1CN(C)CC#N. The minimum Gasteiger partial charge on any atom is -0.289 e. The van der Waals surface area contributed by atoms with Crippen molar-refractivity contribution in [1.82, 2.24) is 4.90 Å². The summed E-state index contributed by atoms with van der Waals surface area (Å²) < 4.78 is 1.09. The molecule has 0 bridgehead atoms. The van der Waals surface area contributed by atoms with Crippen molar-refractivity contribution in [3.63, 3.8) is 0 Å². The van der Waals surface area contributed by atoms with E-state index >= 15 is 0 Å². The minimum atomic E-state index is 0.464. The van der Waals surface area contributed by atoms with Gasteiger partial charge in [-0.25, -0.2) is 0 Å². The summed E-state index contributed by atoms with van der Waals surface area (Å²) in [5, 5.41) is 8.54. The van der Waals surface area contributed by atoms with Crippen molar-refractivity contribution >= 4 is 15.9 Å². The molecule has 1 aromatic carbocycles. The molecular weight excluding hydrogens is 240 g/mol. The highest BCUT2D eigenvalue weighted by molar-refractivity contribution is 9.10. The molecule has 0 aliphatic carbocycles. The van der Waals surface area contributed by atoms with Gasteiger partial charge in [0.25, 0.3) is 0 Å². The summed E-state index contributed by atoms with van der Waals surface area (Å²) in [7, 11) is 1.95. The van der Waals surface area contributed by atoms with Crippen molar-refractivity contribution in [2.45, 2.75) is 13.5 Å². The molecule has 0 unspecified atom stereocenters. The Bertz CT molecular complexity index is 355. The number of nitrogens with zero attached hydrogens (tertiary/aromatic N) is 2. The molecule has 0 heterocycles. The molecular formula is C11H13BrN2. The molecule has 0 spiro atoms. The van der Waals surface area contributed by atoms with E-state index in [1.807, 2.05) is 18.0 Å². The van der Waals surface area contributed by atoms with Crippen LogP contribution in [-0.2, 0) is 6.54 Å². The van der Waals surface area contributed by atoms with Crippen LogP contribution in [0.15, 0.2) is 22.7 Å². The molecule has 0 radical (unpaired) electrons. The average Bonchev–Trinajstić information content (AvgIpc) is 2.12. The first-order valence-electron chi connectivity index (χ1n) is 4.44. The van der Waals surface area contributed by atoms with E-state index in [0.717, 1.165) is 11.0 Å². The highest BCUT2D eigenvalue weighted by atomic mass is 79.9. The summed E-state index contributed by atoms with van der Waals surface area (Å²) in [6.45, 7) is 3.37. The zero-order chi connectivity index (χ0) is 10.6. The summed E-state index contributed by atoms with van der Waals surface area (Å²) in [5.41, 5.74) is 2.52. The van der Waals surface area contributed by atoms with Gasteiger partial charge in [-0.05, 0) is 37.2 Å². The fourth-order valence-corrected chi connectivity index (χ4v) is 1.69. The Hall–Kier alpha value is -0.850. The van der Waals surface area contributed by atoms with Crippen molar-refractivity contribution < 1.29 is 0 Å². The third-order valence-electron chi connectivity index (χ3n) is 2.09. The van der Waals surface area contributed by atoms with E-state index in [0.29, 0.717) is 6.54 Å². The number of hydrogen-bond acceptors (Lipinski definition) is 2. The zero-order valence-electron chi connectivity index (χ0n) is 8.42. The van der Waals surface area contributed by atoms with Crippen LogP contribution in [0, 0.1) is 18.3 Å². The Morgan fingerprint density at radius 2 is 2.21 bits per heavy atom. The van der Waals surface area contributed by atoms with Crippen LogP contribution in [0.25, 0.3) is 0 Å². The third-order valence-corrected chi connectivity index (χ3v) is 2.59. The minimum absolute atomic E-state index is 0.464. The number of aryl methyl sites for hydroxylation is 1. The average molecular weight is 253 g/mol. The van der Waals surface area contributed by atoms with Gasteiger partial charge in [0.2, 0.25) is 0 Å². The van der Waals surface area contributed by atoms with Crippen LogP contribution in [-0.4, -0.2) is 18.5 Å². The molecule has 0 fully saturated rings. The number of benzene rings is 1. The predicted molar refractivity (Wildman–Crippen MR) is 60.8 cm³/mol. The molecule has 1 aromatic rings. The molecule has 0 aliphatic rings. The predicted octanol–water partition coefficient (Wildman–Crippen LogP) is 2.71. The van der Waals surface area contributed by atoms with Gasteiger partial charge < -0.3 is 0 Å². The third kappa shape index (κ3) is 3.13. The molecule has 0 atom stereocenters. The van der Waals surface area contributed by atoms with Gasteiger partial charge in [-0.3, -0.25) is 4.90 Å². The van der Waals surface area contributed by atoms with Gasteiger partial charge in [0.05, 0.1) is 12.6 Å². The van der Waals surface area contributed by atoms with Crippen LogP contribution >= 0.6 is 15.9 Å². The topological polar surface area (TPSA) is 27.0 Å². The summed E-state index contributed by atoms with van der Waals surface area (Å²) >= 11 is 3.44.